The topological polar surface area (TPSA) is 24.3 Å². The van der Waals surface area contributed by atoms with Crippen molar-refractivity contribution in [2.24, 2.45) is 7.05 Å². The Balaban J connectivity index is 2.03. The molecular weight excluding hydrogens is 268 g/mol. The van der Waals surface area contributed by atoms with Gasteiger partial charge in [-0.15, -0.1) is 11.3 Å². The van der Waals surface area contributed by atoms with Crippen LogP contribution in [0.25, 0.3) is 0 Å². The lowest BCUT2D eigenvalue weighted by Crippen LogP contribution is -2.31. The van der Waals surface area contributed by atoms with Gasteiger partial charge in [-0.05, 0) is 32.5 Å². The zero-order chi connectivity index (χ0) is 14.5. The van der Waals surface area contributed by atoms with Gasteiger partial charge in [-0.2, -0.15) is 0 Å². The van der Waals surface area contributed by atoms with E-state index in [-0.39, 0.29) is 0 Å². The molecular formula is C15H24N4S. The Kier molecular flexibility index (Phi) is 5.34. The highest BCUT2D eigenvalue weighted by molar-refractivity contribution is 7.09. The van der Waals surface area contributed by atoms with E-state index in [1.165, 1.54) is 10.6 Å². The van der Waals surface area contributed by atoms with Gasteiger partial charge in [-0.3, -0.25) is 4.90 Å². The van der Waals surface area contributed by atoms with Crippen molar-refractivity contribution < 1.29 is 0 Å². The number of aromatic nitrogens is 2. The van der Waals surface area contributed by atoms with Crippen LogP contribution in [0.5, 0.6) is 0 Å². The zero-order valence-electron chi connectivity index (χ0n) is 12.8. The number of thiophene rings is 1. The maximum Gasteiger partial charge on any atom is 0.105 e. The molecule has 4 nitrogen and oxygen atoms in total. The Bertz CT molecular complexity index is 516. The number of nitrogens with zero attached hydrogens (tertiary/aromatic N) is 4. The van der Waals surface area contributed by atoms with E-state index in [1.807, 2.05) is 24.5 Å². The molecule has 0 radical (unpaired) electrons. The van der Waals surface area contributed by atoms with Gasteiger partial charge in [0.1, 0.15) is 5.82 Å². The van der Waals surface area contributed by atoms with Crippen LogP contribution < -0.4 is 0 Å². The molecule has 0 atom stereocenters. The first-order chi connectivity index (χ1) is 9.56. The molecule has 110 valence electrons. The SMILES string of the molecule is Cc1ncc(CN(CCN(C)C)Cc2cccs2)n1C. The molecule has 0 amide bonds. The summed E-state index contributed by atoms with van der Waals surface area (Å²) in [4.78, 5) is 10.5. The second-order valence-corrected chi connectivity index (χ2v) is 6.48. The molecule has 2 rings (SSSR count). The molecule has 2 aromatic heterocycles. The summed E-state index contributed by atoms with van der Waals surface area (Å²) in [7, 11) is 6.34. The normalized spacial score (nSPS) is 11.7. The van der Waals surface area contributed by atoms with Crippen molar-refractivity contribution in [1.29, 1.82) is 0 Å². The molecule has 0 bridgehead atoms. The van der Waals surface area contributed by atoms with Gasteiger partial charge in [0.25, 0.3) is 0 Å². The Hall–Kier alpha value is -1.17. The van der Waals surface area contributed by atoms with Crippen molar-refractivity contribution >= 4 is 11.3 Å². The lowest BCUT2D eigenvalue weighted by Gasteiger charge is -2.23. The summed E-state index contributed by atoms with van der Waals surface area (Å²) >= 11 is 1.83. The molecule has 2 aromatic rings. The van der Waals surface area contributed by atoms with Crippen LogP contribution in [0.2, 0.25) is 0 Å². The minimum Gasteiger partial charge on any atom is -0.334 e. The van der Waals surface area contributed by atoms with Crippen molar-refractivity contribution in [3.63, 3.8) is 0 Å². The molecule has 5 heteroatoms. The Morgan fingerprint density at radius 3 is 2.60 bits per heavy atom. The maximum absolute atomic E-state index is 4.39. The van der Waals surface area contributed by atoms with Gasteiger partial charge in [0.15, 0.2) is 0 Å². The molecule has 0 unspecified atom stereocenters. The van der Waals surface area contributed by atoms with Crippen LogP contribution in [-0.4, -0.2) is 46.5 Å². The van der Waals surface area contributed by atoms with Crippen LogP contribution in [0.3, 0.4) is 0 Å². The lowest BCUT2D eigenvalue weighted by molar-refractivity contribution is 0.223. The van der Waals surface area contributed by atoms with Crippen LogP contribution in [0.4, 0.5) is 0 Å². The highest BCUT2D eigenvalue weighted by atomic mass is 32.1. The molecule has 0 aliphatic heterocycles. The van der Waals surface area contributed by atoms with Gasteiger partial charge in [-0.1, -0.05) is 6.07 Å². The van der Waals surface area contributed by atoms with Gasteiger partial charge >= 0.3 is 0 Å². The fourth-order valence-corrected chi connectivity index (χ4v) is 2.85. The van der Waals surface area contributed by atoms with E-state index in [4.69, 9.17) is 0 Å². The van der Waals surface area contributed by atoms with Crippen LogP contribution in [0, 0.1) is 6.92 Å². The van der Waals surface area contributed by atoms with E-state index in [9.17, 15) is 0 Å². The van der Waals surface area contributed by atoms with Crippen LogP contribution >= 0.6 is 11.3 Å². The number of hydrogen-bond donors (Lipinski definition) is 0. The van der Waals surface area contributed by atoms with E-state index >= 15 is 0 Å². The highest BCUT2D eigenvalue weighted by Crippen LogP contribution is 2.14. The molecule has 0 aliphatic rings. The van der Waals surface area contributed by atoms with E-state index in [1.54, 1.807) is 0 Å². The molecule has 0 aromatic carbocycles. The average Bonchev–Trinajstić information content (AvgIpc) is 3.01. The number of imidazole rings is 1. The molecule has 0 aliphatic carbocycles. The molecule has 0 fully saturated rings. The standard InChI is InChI=1S/C15H24N4S/c1-13-16-10-14(18(13)4)11-19(8-7-17(2)3)12-15-6-5-9-20-15/h5-6,9-10H,7-8,11-12H2,1-4H3. The Morgan fingerprint density at radius 1 is 1.25 bits per heavy atom. The van der Waals surface area contributed by atoms with Gasteiger partial charge in [-0.25, -0.2) is 4.98 Å². The first-order valence-corrected chi connectivity index (χ1v) is 7.81. The largest absolute Gasteiger partial charge is 0.334 e. The van der Waals surface area contributed by atoms with E-state index in [2.05, 4.69) is 58.0 Å². The van der Waals surface area contributed by atoms with Crippen molar-refractivity contribution in [2.75, 3.05) is 27.2 Å². The minimum absolute atomic E-state index is 0.947. The summed E-state index contributed by atoms with van der Waals surface area (Å²) in [5, 5.41) is 2.15. The van der Waals surface area contributed by atoms with Crippen LogP contribution in [0.1, 0.15) is 16.4 Å². The first-order valence-electron chi connectivity index (χ1n) is 6.93. The van der Waals surface area contributed by atoms with Crippen LogP contribution in [0.15, 0.2) is 23.7 Å². The zero-order valence-corrected chi connectivity index (χ0v) is 13.7. The third-order valence-corrected chi connectivity index (χ3v) is 4.39. The van der Waals surface area contributed by atoms with Gasteiger partial charge < -0.3 is 9.47 Å². The number of aryl methyl sites for hydroxylation is 1. The summed E-state index contributed by atoms with van der Waals surface area (Å²) < 4.78 is 2.18. The van der Waals surface area contributed by atoms with Gasteiger partial charge in [0, 0.05) is 44.3 Å². The molecule has 0 spiro atoms. The van der Waals surface area contributed by atoms with E-state index < -0.39 is 0 Å². The molecule has 0 saturated heterocycles. The third kappa shape index (κ3) is 4.16. The van der Waals surface area contributed by atoms with Gasteiger partial charge in [0.2, 0.25) is 0 Å². The fraction of sp³-hybridized carbons (Fsp3) is 0.533. The number of hydrogen-bond acceptors (Lipinski definition) is 4. The predicted octanol–water partition coefficient (Wildman–Crippen LogP) is 2.35. The predicted molar refractivity (Wildman–Crippen MR) is 84.9 cm³/mol. The number of rotatable bonds is 7. The summed E-state index contributed by atoms with van der Waals surface area (Å²) in [6, 6.07) is 4.33. The minimum atomic E-state index is 0.947. The Morgan fingerprint density at radius 2 is 2.05 bits per heavy atom. The third-order valence-electron chi connectivity index (χ3n) is 3.53. The van der Waals surface area contributed by atoms with Crippen molar-refractivity contribution in [2.45, 2.75) is 20.0 Å². The smallest absolute Gasteiger partial charge is 0.105 e. The molecule has 2 heterocycles. The quantitative estimate of drug-likeness (QED) is 0.783. The van der Waals surface area contributed by atoms with Crippen molar-refractivity contribution in [3.8, 4) is 0 Å². The highest BCUT2D eigenvalue weighted by Gasteiger charge is 2.11. The summed E-state index contributed by atoms with van der Waals surface area (Å²) in [5.41, 5.74) is 1.28. The first kappa shape index (κ1) is 15.2. The van der Waals surface area contributed by atoms with Crippen molar-refractivity contribution in [3.05, 3.63) is 40.1 Å². The van der Waals surface area contributed by atoms with Crippen LogP contribution in [-0.2, 0) is 20.1 Å². The second kappa shape index (κ2) is 7.02. The van der Waals surface area contributed by atoms with Gasteiger partial charge in [0.05, 0.1) is 5.69 Å². The van der Waals surface area contributed by atoms with E-state index in [0.717, 1.165) is 32.0 Å². The average molecular weight is 292 g/mol. The lowest BCUT2D eigenvalue weighted by atomic mass is 10.3. The summed E-state index contributed by atoms with van der Waals surface area (Å²) in [6.45, 7) is 6.14. The fourth-order valence-electron chi connectivity index (χ4n) is 2.10. The molecule has 0 saturated carbocycles. The van der Waals surface area contributed by atoms with Crippen molar-refractivity contribution in [1.82, 2.24) is 19.4 Å². The summed E-state index contributed by atoms with van der Waals surface area (Å²) in [6.07, 6.45) is 1.99. The maximum atomic E-state index is 4.39. The monoisotopic (exact) mass is 292 g/mol. The number of likely N-dealkylation sites (N-methyl/N-ethyl adjacent to an activating group) is 1. The molecule has 20 heavy (non-hydrogen) atoms. The Labute approximate surface area is 125 Å². The second-order valence-electron chi connectivity index (χ2n) is 5.45. The summed E-state index contributed by atoms with van der Waals surface area (Å²) in [5.74, 6) is 1.07. The van der Waals surface area contributed by atoms with E-state index in [0.29, 0.717) is 0 Å². The molecule has 0 N–H and O–H groups in total.